The summed E-state index contributed by atoms with van der Waals surface area (Å²) in [5, 5.41) is 76.3. The number of aromatic carboxylic acids is 6. The Kier molecular flexibility index (Phi) is 52.7. The van der Waals surface area contributed by atoms with Crippen molar-refractivity contribution in [1.82, 2.24) is 0 Å². The zero-order valence-corrected chi connectivity index (χ0v) is 44.5. The van der Waals surface area contributed by atoms with E-state index in [1.807, 2.05) is 0 Å². The van der Waals surface area contributed by atoms with Crippen molar-refractivity contribution in [2.75, 3.05) is 56.9 Å². The number of rotatable bonds is 12. The summed E-state index contributed by atoms with van der Waals surface area (Å²) in [4.78, 5) is 62.3. The predicted molar refractivity (Wildman–Crippen MR) is 246 cm³/mol. The van der Waals surface area contributed by atoms with Gasteiger partial charge in [-0.15, -0.1) is 0 Å². The van der Waals surface area contributed by atoms with Gasteiger partial charge in [0.05, 0.1) is 78.5 Å². The molecule has 6 aromatic rings. The number of hydrogen-bond donors (Lipinski definition) is 2. The van der Waals surface area contributed by atoms with Crippen molar-refractivity contribution >= 4 is 35.8 Å². The molecule has 5 N–H and O–H groups in total. The summed E-state index contributed by atoms with van der Waals surface area (Å²) in [5.74, 6) is -5.36. The minimum absolute atomic E-state index is 0. The maximum atomic E-state index is 10.4. The molecule has 0 aliphatic rings. The molecule has 408 valence electrons. The number of carbonyl (C=O) groups is 6. The summed E-state index contributed by atoms with van der Waals surface area (Å²) in [6.45, 7) is 0. The molecule has 0 bridgehead atoms. The van der Waals surface area contributed by atoms with Crippen molar-refractivity contribution in [3.8, 4) is 34.5 Å². The summed E-state index contributed by atoms with van der Waals surface area (Å²) < 4.78 is 28.7. The number of methoxy groups -OCH3 is 6. The van der Waals surface area contributed by atoms with Crippen LogP contribution in [0.25, 0.3) is 0 Å². The van der Waals surface area contributed by atoms with Gasteiger partial charge in [0.2, 0.25) is 0 Å². The minimum Gasteiger partial charge on any atom is -2.00 e. The van der Waals surface area contributed by atoms with E-state index in [1.54, 1.807) is 109 Å². The first-order chi connectivity index (χ1) is 33.5. The zero-order valence-electron chi connectivity index (χ0n) is 41.1. The van der Waals surface area contributed by atoms with Crippen molar-refractivity contribution < 1.29 is 160 Å². The van der Waals surface area contributed by atoms with Crippen molar-refractivity contribution in [3.05, 3.63) is 179 Å². The second kappa shape index (κ2) is 48.6. The molecule has 0 atom stereocenters. The molecule has 25 heteroatoms. The Morgan fingerprint density at radius 3 is 0.453 bits per heavy atom. The minimum atomic E-state index is -1.22. The SMILES string of the molecule is CO.CO.COc1ccccc1C(=O)[O-].COc1ccccc1C(=O)[O-].COc1ccccc1C(=O)[O-].COc1ccccc1C(=O)[O-].COc1ccccc1C(=O)[O-].COc1ccccc1C(=O)[O-].[Fe+2].[Fe+3].[Fe+3].[O-2].[OH3+]. The van der Waals surface area contributed by atoms with E-state index in [1.165, 1.54) is 79.1 Å². The van der Waals surface area contributed by atoms with Gasteiger partial charge in [-0.2, -0.15) is 0 Å². The molecule has 0 aliphatic heterocycles. The summed E-state index contributed by atoms with van der Waals surface area (Å²) >= 11 is 0. The van der Waals surface area contributed by atoms with Crippen LogP contribution in [0.4, 0.5) is 0 Å². The van der Waals surface area contributed by atoms with Crippen LogP contribution < -0.4 is 59.1 Å². The largest absolute Gasteiger partial charge is 3.00 e. The summed E-state index contributed by atoms with van der Waals surface area (Å²) in [7, 11) is 10.5. The maximum absolute atomic E-state index is 10.4. The first-order valence-corrected chi connectivity index (χ1v) is 19.5. The Bertz CT molecular complexity index is 2080. The van der Waals surface area contributed by atoms with Crippen molar-refractivity contribution in [2.24, 2.45) is 0 Å². The Hall–Kier alpha value is -7.66. The van der Waals surface area contributed by atoms with Gasteiger partial charge in [-0.25, -0.2) is 0 Å². The molecule has 0 heterocycles. The number of ether oxygens (including phenoxy) is 6. The van der Waals surface area contributed by atoms with Crippen LogP contribution in [-0.4, -0.2) is 103 Å². The van der Waals surface area contributed by atoms with E-state index in [0.717, 1.165) is 14.2 Å². The average molecular weight is 1170 g/mol. The molecule has 0 unspecified atom stereocenters. The van der Waals surface area contributed by atoms with E-state index in [4.69, 9.17) is 38.6 Å². The van der Waals surface area contributed by atoms with Gasteiger partial charge in [0.15, 0.2) is 0 Å². The van der Waals surface area contributed by atoms with E-state index >= 15 is 0 Å². The Morgan fingerprint density at radius 2 is 0.387 bits per heavy atom. The second-order valence-corrected chi connectivity index (χ2v) is 11.9. The summed E-state index contributed by atoms with van der Waals surface area (Å²) in [5.41, 5.74) is 0.472. The fraction of sp³-hybridized carbons (Fsp3) is 0.160. The fourth-order valence-corrected chi connectivity index (χ4v) is 4.88. The van der Waals surface area contributed by atoms with Gasteiger partial charge in [0, 0.05) is 47.6 Å². The van der Waals surface area contributed by atoms with Crippen molar-refractivity contribution in [2.45, 2.75) is 0 Å². The molecule has 0 spiro atoms. The van der Waals surface area contributed by atoms with Crippen LogP contribution in [0.15, 0.2) is 146 Å². The zero-order chi connectivity index (χ0) is 53.6. The van der Waals surface area contributed by atoms with Crippen LogP contribution in [0.2, 0.25) is 0 Å². The molecule has 0 saturated carbocycles. The van der Waals surface area contributed by atoms with Gasteiger partial charge in [-0.1, -0.05) is 72.8 Å². The molecule has 0 saturated heterocycles. The summed E-state index contributed by atoms with van der Waals surface area (Å²) in [6.07, 6.45) is 0. The smallest absolute Gasteiger partial charge is 2.00 e. The van der Waals surface area contributed by atoms with Gasteiger partial charge >= 0.3 is 51.2 Å². The Morgan fingerprint density at radius 1 is 0.293 bits per heavy atom. The molecule has 22 nitrogen and oxygen atoms in total. The Balaban J connectivity index is -0.000000144. The van der Waals surface area contributed by atoms with Gasteiger partial charge in [-0.05, 0) is 72.8 Å². The number of carboxylic acid groups (broad SMARTS) is 6. The first kappa shape index (κ1) is 81.4. The third-order valence-electron chi connectivity index (χ3n) is 7.96. The van der Waals surface area contributed by atoms with Crippen LogP contribution in [0, 0.1) is 0 Å². The van der Waals surface area contributed by atoms with E-state index in [9.17, 15) is 59.4 Å². The summed E-state index contributed by atoms with van der Waals surface area (Å²) in [6, 6.07) is 38.0. The molecular formula is C50H53Fe3O22+. The van der Waals surface area contributed by atoms with Crippen molar-refractivity contribution in [3.63, 3.8) is 0 Å². The van der Waals surface area contributed by atoms with Crippen molar-refractivity contribution in [1.29, 1.82) is 0 Å². The van der Waals surface area contributed by atoms with E-state index < -0.39 is 35.8 Å². The molecule has 6 aromatic carbocycles. The van der Waals surface area contributed by atoms with Gasteiger partial charge < -0.3 is 109 Å². The molecule has 6 rings (SSSR count). The predicted octanol–water partition coefficient (Wildman–Crippen LogP) is -1.48. The normalized spacial score (nSPS) is 8.24. The molecule has 0 aliphatic carbocycles. The monoisotopic (exact) mass is 1170 g/mol. The van der Waals surface area contributed by atoms with E-state index in [-0.39, 0.29) is 95.5 Å². The molecule has 75 heavy (non-hydrogen) atoms. The standard InChI is InChI=1S/6C8H8O3.2CH4O.3Fe.H2O.O/c6*1-11-7-5-3-2-4-6(7)8(9)10;2*1-2;;;;;/h6*2-5H,1H3,(H,9,10);2*2H,1H3;;;;1H2;/q;;;;;;;;+2;2*+3;;-2/p-5. The Labute approximate surface area is 464 Å². The second-order valence-electron chi connectivity index (χ2n) is 11.9. The van der Waals surface area contributed by atoms with E-state index in [0.29, 0.717) is 34.5 Å². The maximum Gasteiger partial charge on any atom is 3.00 e. The number of para-hydroxylation sites is 6. The molecule has 0 fully saturated rings. The number of hydrogen-bond acceptors (Lipinski definition) is 20. The van der Waals surface area contributed by atoms with Gasteiger partial charge in [0.1, 0.15) is 34.5 Å². The van der Waals surface area contributed by atoms with E-state index in [2.05, 4.69) is 0 Å². The molecular weight excluding hydrogens is 1120 g/mol. The third-order valence-corrected chi connectivity index (χ3v) is 7.96. The van der Waals surface area contributed by atoms with Crippen LogP contribution in [-0.2, 0) is 62.2 Å². The number of carbonyl (C=O) groups excluding carboxylic acids is 6. The number of carboxylic acids is 6. The topological polar surface area (TPSA) is 398 Å². The van der Waals surface area contributed by atoms with Crippen LogP contribution >= 0.6 is 0 Å². The molecule has 0 amide bonds. The molecule has 2 radical (unpaired) electrons. The quantitative estimate of drug-likeness (QED) is 0.104. The molecule has 0 aromatic heterocycles. The number of benzene rings is 6. The van der Waals surface area contributed by atoms with Gasteiger partial charge in [0.25, 0.3) is 0 Å². The van der Waals surface area contributed by atoms with Crippen LogP contribution in [0.5, 0.6) is 34.5 Å². The number of aliphatic hydroxyl groups is 2. The fourth-order valence-electron chi connectivity index (χ4n) is 4.88. The van der Waals surface area contributed by atoms with Gasteiger partial charge in [-0.3, -0.25) is 0 Å². The van der Waals surface area contributed by atoms with Crippen LogP contribution in [0.1, 0.15) is 62.1 Å². The first-order valence-electron chi connectivity index (χ1n) is 19.5. The number of aliphatic hydroxyl groups excluding tert-OH is 2. The van der Waals surface area contributed by atoms with Crippen LogP contribution in [0.3, 0.4) is 0 Å². The average Bonchev–Trinajstić information content (AvgIpc) is 3.40. The third kappa shape index (κ3) is 30.9.